The first kappa shape index (κ1) is 17.3. The molecular weight excluding hydrogens is 294 g/mol. The molecule has 4 nitrogen and oxygen atoms in total. The number of nitrogens with zero attached hydrogens (tertiary/aromatic N) is 3. The quantitative estimate of drug-likeness (QED) is 0.544. The molecule has 1 aromatic heterocycles. The number of thioether (sulfide) groups is 1. The van der Waals surface area contributed by atoms with Gasteiger partial charge in [-0.2, -0.15) is 0 Å². The second kappa shape index (κ2) is 7.95. The van der Waals surface area contributed by atoms with Gasteiger partial charge in [-0.25, -0.2) is 9.97 Å². The van der Waals surface area contributed by atoms with Crippen molar-refractivity contribution in [2.45, 2.75) is 58.0 Å². The lowest BCUT2D eigenvalue weighted by Crippen LogP contribution is -2.33. The highest BCUT2D eigenvalue weighted by molar-refractivity contribution is 7.98. The number of rotatable bonds is 8. The van der Waals surface area contributed by atoms with E-state index in [1.807, 2.05) is 20.1 Å². The molecule has 0 radical (unpaired) electrons. The normalized spacial score (nSPS) is 14.2. The van der Waals surface area contributed by atoms with Crippen molar-refractivity contribution in [3.05, 3.63) is 17.0 Å². The van der Waals surface area contributed by atoms with E-state index in [1.54, 1.807) is 11.8 Å². The van der Waals surface area contributed by atoms with Gasteiger partial charge in [-0.05, 0) is 57.3 Å². The zero-order chi connectivity index (χ0) is 16.1. The predicted molar refractivity (Wildman–Crippen MR) is 91.2 cm³/mol. The Labute approximate surface area is 138 Å². The first-order valence-electron chi connectivity index (χ1n) is 8.21. The summed E-state index contributed by atoms with van der Waals surface area (Å²) in [5.74, 6) is 1.03. The predicted octanol–water partition coefficient (Wildman–Crippen LogP) is 3.40. The van der Waals surface area contributed by atoms with E-state index in [-0.39, 0.29) is 5.91 Å². The van der Waals surface area contributed by atoms with Crippen LogP contribution in [0.4, 0.5) is 0 Å². The van der Waals surface area contributed by atoms with Crippen LogP contribution in [-0.2, 0) is 11.2 Å². The molecule has 0 atom stereocenters. The van der Waals surface area contributed by atoms with E-state index in [1.165, 1.54) is 12.8 Å². The number of hydrogen-bond donors (Lipinski definition) is 0. The van der Waals surface area contributed by atoms with E-state index < -0.39 is 0 Å². The molecule has 1 heterocycles. The smallest absolute Gasteiger partial charge is 0.222 e. The highest BCUT2D eigenvalue weighted by atomic mass is 32.2. The van der Waals surface area contributed by atoms with E-state index in [4.69, 9.17) is 0 Å². The number of hydrogen-bond acceptors (Lipinski definition) is 4. The lowest BCUT2D eigenvalue weighted by atomic mass is 10.1. The molecule has 0 aromatic carbocycles. The fraction of sp³-hybridized carbons (Fsp3) is 0.706. The second-order valence-electron chi connectivity index (χ2n) is 6.14. The van der Waals surface area contributed by atoms with Crippen LogP contribution in [0.3, 0.4) is 0 Å². The van der Waals surface area contributed by atoms with E-state index in [9.17, 15) is 4.79 Å². The average molecular weight is 321 g/mol. The van der Waals surface area contributed by atoms with Crippen molar-refractivity contribution >= 4 is 17.7 Å². The minimum atomic E-state index is 0.279. The molecule has 0 spiro atoms. The summed E-state index contributed by atoms with van der Waals surface area (Å²) in [6.07, 6.45) is 6.90. The number of carbonyl (C=O) groups excluding carboxylic acids is 1. The van der Waals surface area contributed by atoms with Crippen LogP contribution in [-0.4, -0.2) is 40.1 Å². The van der Waals surface area contributed by atoms with Gasteiger partial charge in [0.1, 0.15) is 0 Å². The SMILES string of the molecule is CCCN(CC1CC1)C(=O)CCc1c(C)nc(SC)nc1C. The molecule has 1 aliphatic rings. The Morgan fingerprint density at radius 1 is 1.27 bits per heavy atom. The molecule has 1 aromatic rings. The maximum atomic E-state index is 12.5. The Bertz CT molecular complexity index is 506. The second-order valence-corrected chi connectivity index (χ2v) is 6.92. The Morgan fingerprint density at radius 3 is 2.41 bits per heavy atom. The van der Waals surface area contributed by atoms with E-state index in [0.29, 0.717) is 6.42 Å². The maximum Gasteiger partial charge on any atom is 0.222 e. The summed E-state index contributed by atoms with van der Waals surface area (Å²) >= 11 is 1.56. The molecule has 22 heavy (non-hydrogen) atoms. The molecule has 1 amide bonds. The van der Waals surface area contributed by atoms with Crippen molar-refractivity contribution in [3.63, 3.8) is 0 Å². The molecule has 1 saturated carbocycles. The van der Waals surface area contributed by atoms with Crippen LogP contribution >= 0.6 is 11.8 Å². The minimum absolute atomic E-state index is 0.279. The van der Waals surface area contributed by atoms with Crippen LogP contribution in [0, 0.1) is 19.8 Å². The van der Waals surface area contributed by atoms with Crippen LogP contribution in [0.2, 0.25) is 0 Å². The molecular formula is C17H27N3OS. The van der Waals surface area contributed by atoms with Gasteiger partial charge in [0.2, 0.25) is 5.91 Å². The van der Waals surface area contributed by atoms with E-state index in [2.05, 4.69) is 21.8 Å². The summed E-state index contributed by atoms with van der Waals surface area (Å²) in [5.41, 5.74) is 3.15. The topological polar surface area (TPSA) is 46.1 Å². The lowest BCUT2D eigenvalue weighted by molar-refractivity contribution is -0.131. The molecule has 0 unspecified atom stereocenters. The first-order valence-corrected chi connectivity index (χ1v) is 9.43. The van der Waals surface area contributed by atoms with Gasteiger partial charge in [0, 0.05) is 30.9 Å². The van der Waals surface area contributed by atoms with Gasteiger partial charge < -0.3 is 4.90 Å². The molecule has 0 saturated heterocycles. The van der Waals surface area contributed by atoms with Crippen molar-refractivity contribution in [3.8, 4) is 0 Å². The summed E-state index contributed by atoms with van der Waals surface area (Å²) in [5, 5.41) is 0.811. The summed E-state index contributed by atoms with van der Waals surface area (Å²) in [7, 11) is 0. The first-order chi connectivity index (χ1) is 10.5. The molecule has 0 aliphatic heterocycles. The van der Waals surface area contributed by atoms with Gasteiger partial charge >= 0.3 is 0 Å². The van der Waals surface area contributed by atoms with Gasteiger partial charge in [-0.15, -0.1) is 0 Å². The number of aryl methyl sites for hydroxylation is 2. The van der Waals surface area contributed by atoms with Gasteiger partial charge in [0.25, 0.3) is 0 Å². The largest absolute Gasteiger partial charge is 0.342 e. The third-order valence-corrected chi connectivity index (χ3v) is 4.74. The summed E-state index contributed by atoms with van der Waals surface area (Å²) in [4.78, 5) is 23.5. The van der Waals surface area contributed by atoms with Crippen LogP contribution in [0.25, 0.3) is 0 Å². The maximum absolute atomic E-state index is 12.5. The molecule has 2 rings (SSSR count). The highest BCUT2D eigenvalue weighted by Gasteiger charge is 2.26. The summed E-state index contributed by atoms with van der Waals surface area (Å²) in [6, 6.07) is 0. The van der Waals surface area contributed by atoms with Gasteiger partial charge in [-0.3, -0.25) is 4.79 Å². The fourth-order valence-electron chi connectivity index (χ4n) is 2.75. The Balaban J connectivity index is 1.97. The Kier molecular flexibility index (Phi) is 6.24. The lowest BCUT2D eigenvalue weighted by Gasteiger charge is -2.22. The standard InChI is InChI=1S/C17H27N3OS/c1-5-10-20(11-14-6-7-14)16(21)9-8-15-12(2)18-17(22-4)19-13(15)3/h14H,5-11H2,1-4H3. The number of amides is 1. The average Bonchev–Trinajstić information content (AvgIpc) is 3.29. The van der Waals surface area contributed by atoms with E-state index >= 15 is 0 Å². The molecule has 0 N–H and O–H groups in total. The highest BCUT2D eigenvalue weighted by Crippen LogP contribution is 2.30. The van der Waals surface area contributed by atoms with Crippen molar-refractivity contribution in [2.24, 2.45) is 5.92 Å². The fourth-order valence-corrected chi connectivity index (χ4v) is 3.21. The number of carbonyl (C=O) groups is 1. The summed E-state index contributed by atoms with van der Waals surface area (Å²) < 4.78 is 0. The van der Waals surface area contributed by atoms with Crippen molar-refractivity contribution in [1.29, 1.82) is 0 Å². The van der Waals surface area contributed by atoms with Crippen molar-refractivity contribution in [1.82, 2.24) is 14.9 Å². The zero-order valence-electron chi connectivity index (χ0n) is 14.2. The Hall–Kier alpha value is -1.10. The van der Waals surface area contributed by atoms with Gasteiger partial charge in [0.15, 0.2) is 5.16 Å². The Morgan fingerprint density at radius 2 is 1.91 bits per heavy atom. The third kappa shape index (κ3) is 4.70. The van der Waals surface area contributed by atoms with Gasteiger partial charge in [-0.1, -0.05) is 18.7 Å². The van der Waals surface area contributed by atoms with E-state index in [0.717, 1.165) is 54.0 Å². The molecule has 1 fully saturated rings. The third-order valence-electron chi connectivity index (χ3n) is 4.19. The molecule has 1 aliphatic carbocycles. The molecule has 122 valence electrons. The molecule has 0 bridgehead atoms. The minimum Gasteiger partial charge on any atom is -0.342 e. The van der Waals surface area contributed by atoms with Crippen LogP contribution in [0.5, 0.6) is 0 Å². The van der Waals surface area contributed by atoms with Crippen molar-refractivity contribution in [2.75, 3.05) is 19.3 Å². The monoisotopic (exact) mass is 321 g/mol. The zero-order valence-corrected chi connectivity index (χ0v) is 15.0. The van der Waals surface area contributed by atoms with Crippen LogP contribution in [0.15, 0.2) is 5.16 Å². The van der Waals surface area contributed by atoms with Gasteiger partial charge in [0.05, 0.1) is 0 Å². The summed E-state index contributed by atoms with van der Waals surface area (Å²) in [6.45, 7) is 8.00. The molecule has 5 heteroatoms. The van der Waals surface area contributed by atoms with Crippen LogP contribution < -0.4 is 0 Å². The van der Waals surface area contributed by atoms with Crippen molar-refractivity contribution < 1.29 is 4.79 Å². The number of aromatic nitrogens is 2. The van der Waals surface area contributed by atoms with Crippen LogP contribution in [0.1, 0.15) is 49.6 Å².